The smallest absolute Gasteiger partial charge is 0.416 e. The number of alkyl carbamates (subject to hydrolysis) is 1. The molecule has 0 saturated carbocycles. The van der Waals surface area contributed by atoms with E-state index in [1.54, 1.807) is 39.2 Å². The second-order valence-corrected chi connectivity index (χ2v) is 22.0. The minimum Gasteiger partial charge on any atom is -0.478 e. The summed E-state index contributed by atoms with van der Waals surface area (Å²) in [5.74, 6) is 1.57. The van der Waals surface area contributed by atoms with E-state index in [2.05, 4.69) is 43.4 Å². The molecule has 4 heterocycles. The van der Waals surface area contributed by atoms with Gasteiger partial charge < -0.3 is 62.3 Å². The number of rotatable bonds is 12. The van der Waals surface area contributed by atoms with E-state index >= 15 is 0 Å². The summed E-state index contributed by atoms with van der Waals surface area (Å²) in [6.45, 7) is 3.48. The van der Waals surface area contributed by atoms with Crippen LogP contribution in [0.2, 0.25) is 0 Å². The maximum absolute atomic E-state index is 13.4. The molecule has 0 fully saturated rings. The normalized spacial score (nSPS) is 16.8. The third-order valence-electron chi connectivity index (χ3n) is 14.4. The molecule has 25 heteroatoms. The lowest BCUT2D eigenvalue weighted by Crippen LogP contribution is -2.39. The minimum atomic E-state index is -4.77. The first-order valence-electron chi connectivity index (χ1n) is 27.5. The Morgan fingerprint density at radius 3 is 1.67 bits per heavy atom. The molecule has 4 atom stereocenters. The zero-order valence-electron chi connectivity index (χ0n) is 47.0. The molecule has 2 aliphatic carbocycles. The molecule has 11 N–H and O–H groups in total. The average molecular weight is 1200 g/mol. The maximum atomic E-state index is 13.4. The Kier molecular flexibility index (Phi) is 19.7. The van der Waals surface area contributed by atoms with Gasteiger partial charge in [-0.05, 0) is 178 Å². The number of carbonyl (C=O) groups is 5. The number of nitrogens with two attached hydrogens (primary N) is 2. The predicted molar refractivity (Wildman–Crippen MR) is 302 cm³/mol. The number of aryl methyl sites for hydroxylation is 2. The fourth-order valence-electron chi connectivity index (χ4n) is 10.1. The van der Waals surface area contributed by atoms with Crippen LogP contribution in [0.4, 0.5) is 42.8 Å². The number of anilines is 2. The molecule has 0 unspecified atom stereocenters. The summed E-state index contributed by atoms with van der Waals surface area (Å²) >= 11 is 0. The highest BCUT2D eigenvalue weighted by molar-refractivity contribution is 5.95. The number of nitrogens with one attached hydrogen (secondary N) is 4. The maximum Gasteiger partial charge on any atom is 0.416 e. The van der Waals surface area contributed by atoms with Crippen molar-refractivity contribution in [1.29, 1.82) is 0 Å². The number of aliphatic hydroxyl groups excluding tert-OH is 2. The van der Waals surface area contributed by atoms with Gasteiger partial charge in [-0.2, -0.15) is 26.3 Å². The first kappa shape index (κ1) is 63.4. The molecule has 4 aliphatic rings. The van der Waals surface area contributed by atoms with E-state index in [4.69, 9.17) is 30.8 Å². The number of aromatic nitrogens is 2. The molecule has 86 heavy (non-hydrogen) atoms. The summed E-state index contributed by atoms with van der Waals surface area (Å²) < 4.78 is 96.2. The summed E-state index contributed by atoms with van der Waals surface area (Å²) in [7, 11) is 0. The molecule has 10 rings (SSSR count). The number of hydrogen-bond acceptors (Lipinski definition) is 14. The van der Waals surface area contributed by atoms with E-state index in [1.165, 1.54) is 17.2 Å². The van der Waals surface area contributed by atoms with E-state index in [1.807, 2.05) is 30.3 Å². The van der Waals surface area contributed by atoms with Crippen LogP contribution in [-0.4, -0.2) is 86.0 Å². The predicted octanol–water partition coefficient (Wildman–Crippen LogP) is 9.59. The van der Waals surface area contributed by atoms with Crippen molar-refractivity contribution in [1.82, 2.24) is 20.6 Å². The number of halogens is 6. The molecule has 456 valence electrons. The highest BCUT2D eigenvalue weighted by atomic mass is 19.4. The van der Waals surface area contributed by atoms with Crippen LogP contribution in [0.1, 0.15) is 135 Å². The summed E-state index contributed by atoms with van der Waals surface area (Å²) in [5.41, 5.74) is 14.3. The van der Waals surface area contributed by atoms with Gasteiger partial charge in [0.05, 0.1) is 42.0 Å². The number of carboxylic acid groups (broad SMARTS) is 1. The number of fused-ring (bicyclic) bond motifs is 4. The van der Waals surface area contributed by atoms with Gasteiger partial charge in [0, 0.05) is 54.0 Å². The van der Waals surface area contributed by atoms with E-state index in [0.29, 0.717) is 80.2 Å². The highest BCUT2D eigenvalue weighted by Crippen LogP contribution is 2.38. The number of nitrogens with zero attached hydrogens (tertiary/aromatic N) is 2. The molecule has 0 radical (unpaired) electrons. The zero-order valence-corrected chi connectivity index (χ0v) is 47.0. The molecule has 0 bridgehead atoms. The van der Waals surface area contributed by atoms with Crippen molar-refractivity contribution in [3.63, 3.8) is 0 Å². The molecule has 4 aromatic carbocycles. The van der Waals surface area contributed by atoms with Crippen molar-refractivity contribution in [2.45, 2.75) is 127 Å². The van der Waals surface area contributed by atoms with Crippen LogP contribution in [-0.2, 0) is 65.2 Å². The topological polar surface area (TPSA) is 300 Å². The Bertz CT molecular complexity index is 3520. The lowest BCUT2D eigenvalue weighted by molar-refractivity contribution is -0.138. The number of pyridine rings is 2. The number of carboxylic acids is 1. The van der Waals surface area contributed by atoms with Crippen LogP contribution in [0.5, 0.6) is 23.0 Å². The average Bonchev–Trinajstić information content (AvgIpc) is 1.80. The molecule has 4 amide bonds. The van der Waals surface area contributed by atoms with E-state index < -0.39 is 77.9 Å². The Hall–Kier alpha value is -8.65. The molecule has 2 aliphatic heterocycles. The Balaban J connectivity index is 0.000000177. The zero-order chi connectivity index (χ0) is 62.3. The molecular weight excluding hydrogens is 1130 g/mol. The van der Waals surface area contributed by atoms with Gasteiger partial charge in [-0.3, -0.25) is 14.4 Å². The van der Waals surface area contributed by atoms with Gasteiger partial charge in [-0.15, -0.1) is 0 Å². The molecule has 6 aromatic rings. The summed E-state index contributed by atoms with van der Waals surface area (Å²) in [5, 5.41) is 38.2. The fourth-order valence-corrected chi connectivity index (χ4v) is 10.1. The number of amides is 4. The van der Waals surface area contributed by atoms with Crippen LogP contribution in [0, 0.1) is 0 Å². The van der Waals surface area contributed by atoms with Crippen LogP contribution < -0.4 is 42.2 Å². The van der Waals surface area contributed by atoms with E-state index in [-0.39, 0.29) is 40.6 Å². The van der Waals surface area contributed by atoms with Gasteiger partial charge in [-0.1, -0.05) is 12.1 Å². The first-order valence-corrected chi connectivity index (χ1v) is 27.5. The third kappa shape index (κ3) is 16.6. The summed E-state index contributed by atoms with van der Waals surface area (Å²) in [6.07, 6.45) is -0.413. The number of carbonyl (C=O) groups excluding carboxylic acids is 4. The SMILES string of the molecule is CC(C)(C)OC(=O)N[C@H](CO)c1cc(C(=O)O)cc(C(F)(F)F)c1.N[C@@H]1CCc2ccc(Oc3ccnc4c3CCC(=O)N4)cc2C1.N[C@H](CO)c1cc(C(=O)N[C@@H]2CCc3ccc(Oc4ccnc5c4CCC(=O)N5)cc3C2)cc(C(F)(F)F)c1. The second kappa shape index (κ2) is 26.7. The lowest BCUT2D eigenvalue weighted by Gasteiger charge is -2.26. The van der Waals surface area contributed by atoms with E-state index in [0.717, 1.165) is 71.2 Å². The molecule has 0 saturated heterocycles. The van der Waals surface area contributed by atoms with Gasteiger partial charge >= 0.3 is 24.4 Å². The van der Waals surface area contributed by atoms with Crippen LogP contribution >= 0.6 is 0 Å². The lowest BCUT2D eigenvalue weighted by atomic mass is 9.88. The molecular formula is C61H64F6N8O11. The third-order valence-corrected chi connectivity index (χ3v) is 14.4. The highest BCUT2D eigenvalue weighted by Gasteiger charge is 2.35. The van der Waals surface area contributed by atoms with Crippen LogP contribution in [0.3, 0.4) is 0 Å². The van der Waals surface area contributed by atoms with Crippen molar-refractivity contribution < 1.29 is 79.8 Å². The Morgan fingerprint density at radius 1 is 0.651 bits per heavy atom. The van der Waals surface area contributed by atoms with Crippen molar-refractivity contribution in [2.24, 2.45) is 11.5 Å². The van der Waals surface area contributed by atoms with Gasteiger partial charge in [0.15, 0.2) is 0 Å². The second-order valence-electron chi connectivity index (χ2n) is 22.0. The van der Waals surface area contributed by atoms with Crippen molar-refractivity contribution >= 4 is 41.4 Å². The van der Waals surface area contributed by atoms with Gasteiger partial charge in [0.25, 0.3) is 5.91 Å². The Morgan fingerprint density at radius 2 is 1.16 bits per heavy atom. The number of alkyl halides is 6. The van der Waals surface area contributed by atoms with Crippen LogP contribution in [0.25, 0.3) is 0 Å². The number of benzene rings is 4. The van der Waals surface area contributed by atoms with Crippen molar-refractivity contribution in [3.05, 3.63) is 164 Å². The van der Waals surface area contributed by atoms with Gasteiger partial charge in [0.1, 0.15) is 40.2 Å². The standard InChI is InChI=1S/C28H27F3N4O4.C18H19N3O2.C15H18F3NO5/c29-28(30,31)19-10-17(23(32)14-36)9-18(11-19)27(38)34-20-3-1-15-2-4-21(13-16(15)12-20)39-24-7-8-33-26-22(24)5-6-25(37)35-26;19-13-3-1-11-2-4-14(10-12(11)9-13)23-16-7-8-20-18-15(16)5-6-17(22)21-18;1-14(2,3)24-13(23)19-11(7-20)8-4-9(12(21)22)6-10(5-8)15(16,17)18/h2,4,7-11,13,20,23,36H,1,3,5-6,12,14,32H2,(H,34,38)(H,33,35,37);2,4,7-8,10,13H,1,3,5-6,9,19H2,(H,20,21,22);4-6,11,20H,7H2,1-3H3,(H,19,23)(H,21,22)/t20-,23-;13-;11-/m111/s1. The molecule has 19 nitrogen and oxygen atoms in total. The van der Waals surface area contributed by atoms with E-state index in [9.17, 15) is 60.5 Å². The molecule has 0 spiro atoms. The number of aromatic carboxylic acids is 1. The summed E-state index contributed by atoms with van der Waals surface area (Å²) in [6, 6.07) is 18.2. The fraction of sp³-hybridized carbons (Fsp3) is 0.361. The van der Waals surface area contributed by atoms with Gasteiger partial charge in [-0.25, -0.2) is 19.6 Å². The van der Waals surface area contributed by atoms with Gasteiger partial charge in [0.2, 0.25) is 11.8 Å². The van der Waals surface area contributed by atoms with Crippen LogP contribution in [0.15, 0.2) is 97.3 Å². The first-order chi connectivity index (χ1) is 40.6. The monoisotopic (exact) mass is 1200 g/mol. The largest absolute Gasteiger partial charge is 0.478 e. The number of ether oxygens (including phenoxy) is 3. The quantitative estimate of drug-likeness (QED) is 0.0515. The minimum absolute atomic E-state index is 0.00455. The van der Waals surface area contributed by atoms with Crippen molar-refractivity contribution in [3.8, 4) is 23.0 Å². The molecule has 2 aromatic heterocycles. The summed E-state index contributed by atoms with van der Waals surface area (Å²) in [4.78, 5) is 67.3. The van der Waals surface area contributed by atoms with Crippen molar-refractivity contribution in [2.75, 3.05) is 23.8 Å². The Labute approximate surface area is 489 Å². The number of aliphatic hydroxyl groups is 2. The number of hydrogen-bond donors (Lipinski definition) is 9.